The van der Waals surface area contributed by atoms with E-state index in [0.29, 0.717) is 0 Å². The van der Waals surface area contributed by atoms with Crippen LogP contribution in [0.4, 0.5) is 0 Å². The maximum absolute atomic E-state index is 5.49. The fraction of sp³-hybridized carbons (Fsp3) is 0.667. The molecule has 0 radical (unpaired) electrons. The van der Waals surface area contributed by atoms with E-state index in [1.54, 1.807) is 0 Å². The first-order valence-electron chi connectivity index (χ1n) is 8.55. The zero-order chi connectivity index (χ0) is 15.2. The Morgan fingerprint density at radius 2 is 1.24 bits per heavy atom. The van der Waals surface area contributed by atoms with Gasteiger partial charge in [-0.15, -0.1) is 0 Å². The maximum atomic E-state index is 5.49. The molecule has 0 aliphatic carbocycles. The van der Waals surface area contributed by atoms with Gasteiger partial charge in [-0.3, -0.25) is 0 Å². The highest BCUT2D eigenvalue weighted by molar-refractivity contribution is 5.22. The highest BCUT2D eigenvalue weighted by atomic mass is 14.8. The summed E-state index contributed by atoms with van der Waals surface area (Å²) < 4.78 is 0. The summed E-state index contributed by atoms with van der Waals surface area (Å²) in [5.74, 6) is 0. The van der Waals surface area contributed by atoms with E-state index in [2.05, 4.69) is 29.6 Å². The van der Waals surface area contributed by atoms with Gasteiger partial charge in [-0.2, -0.15) is 0 Å². The predicted octanol–water partition coefficient (Wildman–Crippen LogP) is 2.97. The molecule has 0 aliphatic heterocycles. The van der Waals surface area contributed by atoms with Crippen molar-refractivity contribution in [1.82, 2.24) is 5.32 Å². The van der Waals surface area contributed by atoms with Crippen molar-refractivity contribution in [3.8, 4) is 0 Å². The van der Waals surface area contributed by atoms with Crippen molar-refractivity contribution in [1.29, 1.82) is 0 Å². The van der Waals surface area contributed by atoms with Crippen molar-refractivity contribution in [2.45, 2.75) is 57.9 Å². The first-order valence-corrected chi connectivity index (χ1v) is 8.55. The molecular weight excluding hydrogens is 258 g/mol. The number of aryl methyl sites for hydroxylation is 1. The average molecular weight is 291 g/mol. The maximum Gasteiger partial charge on any atom is 0.0205 e. The molecule has 0 heterocycles. The van der Waals surface area contributed by atoms with Gasteiger partial charge in [0.1, 0.15) is 0 Å². The van der Waals surface area contributed by atoms with Crippen LogP contribution in [0.1, 0.15) is 56.1 Å². The van der Waals surface area contributed by atoms with Crippen LogP contribution in [-0.2, 0) is 13.0 Å². The van der Waals surface area contributed by atoms with Crippen LogP contribution >= 0.6 is 0 Å². The Kier molecular flexibility index (Phi) is 11.1. The number of nitrogens with one attached hydrogen (secondary N) is 1. The number of benzene rings is 1. The molecule has 1 aromatic rings. The lowest BCUT2D eigenvalue weighted by Crippen LogP contribution is -2.17. The Bertz CT molecular complexity index is 335. The van der Waals surface area contributed by atoms with E-state index < -0.39 is 0 Å². The number of nitrogens with two attached hydrogens (primary N) is 2. The van der Waals surface area contributed by atoms with E-state index >= 15 is 0 Å². The van der Waals surface area contributed by atoms with Crippen molar-refractivity contribution in [2.24, 2.45) is 11.5 Å². The minimum absolute atomic E-state index is 0.762. The molecule has 0 spiro atoms. The molecule has 0 aromatic heterocycles. The third-order valence-corrected chi connectivity index (χ3v) is 3.83. The van der Waals surface area contributed by atoms with Gasteiger partial charge >= 0.3 is 0 Å². The van der Waals surface area contributed by atoms with Crippen LogP contribution in [0.3, 0.4) is 0 Å². The quantitative estimate of drug-likeness (QED) is 0.490. The number of hydrogen-bond donors (Lipinski definition) is 3. The molecule has 0 saturated heterocycles. The standard InChI is InChI=1S/C18H33N3/c19-13-6-4-2-1-3-5-8-17-9-11-18(12-10-17)16-21-15-7-14-20/h9-12,21H,1-8,13-16,19-20H2. The molecule has 0 amide bonds. The fourth-order valence-corrected chi connectivity index (χ4v) is 2.46. The van der Waals surface area contributed by atoms with Gasteiger partial charge in [-0.1, -0.05) is 49.9 Å². The molecule has 1 aromatic carbocycles. The van der Waals surface area contributed by atoms with Gasteiger partial charge in [0.2, 0.25) is 0 Å². The van der Waals surface area contributed by atoms with Crippen LogP contribution in [0, 0.1) is 0 Å². The largest absolute Gasteiger partial charge is 0.330 e. The molecule has 1 rings (SSSR count). The Morgan fingerprint density at radius 1 is 0.667 bits per heavy atom. The summed E-state index contributed by atoms with van der Waals surface area (Å²) in [6.45, 7) is 3.55. The van der Waals surface area contributed by atoms with Gasteiger partial charge in [0.25, 0.3) is 0 Å². The first kappa shape index (κ1) is 18.1. The summed E-state index contributed by atoms with van der Waals surface area (Å²) in [4.78, 5) is 0. The second-order valence-corrected chi connectivity index (χ2v) is 5.80. The van der Waals surface area contributed by atoms with Crippen molar-refractivity contribution in [3.05, 3.63) is 35.4 Å². The van der Waals surface area contributed by atoms with Crippen LogP contribution in [-0.4, -0.2) is 19.6 Å². The van der Waals surface area contributed by atoms with Crippen LogP contribution < -0.4 is 16.8 Å². The van der Waals surface area contributed by atoms with Crippen molar-refractivity contribution >= 4 is 0 Å². The lowest BCUT2D eigenvalue weighted by Gasteiger charge is -2.06. The molecular formula is C18H33N3. The second-order valence-electron chi connectivity index (χ2n) is 5.80. The molecule has 5 N–H and O–H groups in total. The molecule has 0 aliphatic rings. The van der Waals surface area contributed by atoms with Gasteiger partial charge < -0.3 is 16.8 Å². The molecule has 0 unspecified atom stereocenters. The van der Waals surface area contributed by atoms with E-state index in [0.717, 1.165) is 32.6 Å². The van der Waals surface area contributed by atoms with Crippen molar-refractivity contribution < 1.29 is 0 Å². The molecule has 21 heavy (non-hydrogen) atoms. The predicted molar refractivity (Wildman–Crippen MR) is 92.3 cm³/mol. The SMILES string of the molecule is NCCCCCCCCc1ccc(CNCCCN)cc1. The number of unbranched alkanes of at least 4 members (excludes halogenated alkanes) is 5. The van der Waals surface area contributed by atoms with E-state index in [9.17, 15) is 0 Å². The molecule has 0 saturated carbocycles. The number of rotatable bonds is 13. The minimum Gasteiger partial charge on any atom is -0.330 e. The van der Waals surface area contributed by atoms with Gasteiger partial charge in [0, 0.05) is 6.54 Å². The average Bonchev–Trinajstić information content (AvgIpc) is 2.52. The molecule has 0 bridgehead atoms. The summed E-state index contributed by atoms with van der Waals surface area (Å²) in [5.41, 5.74) is 13.8. The Balaban J connectivity index is 2.07. The lowest BCUT2D eigenvalue weighted by molar-refractivity contribution is 0.597. The Hall–Kier alpha value is -0.900. The molecule has 120 valence electrons. The van der Waals surface area contributed by atoms with Gasteiger partial charge in [-0.05, 0) is 56.4 Å². The zero-order valence-corrected chi connectivity index (χ0v) is 13.4. The van der Waals surface area contributed by atoms with Crippen LogP contribution in [0.15, 0.2) is 24.3 Å². The first-order chi connectivity index (χ1) is 10.4. The minimum atomic E-state index is 0.762. The van der Waals surface area contributed by atoms with Gasteiger partial charge in [0.15, 0.2) is 0 Å². The third kappa shape index (κ3) is 9.62. The summed E-state index contributed by atoms with van der Waals surface area (Å²) in [6, 6.07) is 9.03. The molecule has 3 nitrogen and oxygen atoms in total. The Morgan fingerprint density at radius 3 is 1.90 bits per heavy atom. The zero-order valence-electron chi connectivity index (χ0n) is 13.4. The normalized spacial score (nSPS) is 11.0. The van der Waals surface area contributed by atoms with E-state index in [1.165, 1.54) is 56.1 Å². The van der Waals surface area contributed by atoms with Gasteiger partial charge in [-0.25, -0.2) is 0 Å². The van der Waals surface area contributed by atoms with Crippen LogP contribution in [0.5, 0.6) is 0 Å². The summed E-state index contributed by atoms with van der Waals surface area (Å²) in [7, 11) is 0. The third-order valence-electron chi connectivity index (χ3n) is 3.83. The van der Waals surface area contributed by atoms with Crippen molar-refractivity contribution in [3.63, 3.8) is 0 Å². The summed E-state index contributed by atoms with van der Waals surface area (Å²) in [6.07, 6.45) is 10.1. The summed E-state index contributed by atoms with van der Waals surface area (Å²) in [5, 5.41) is 3.41. The van der Waals surface area contributed by atoms with E-state index in [-0.39, 0.29) is 0 Å². The summed E-state index contributed by atoms with van der Waals surface area (Å²) >= 11 is 0. The molecule has 0 atom stereocenters. The van der Waals surface area contributed by atoms with Crippen LogP contribution in [0.2, 0.25) is 0 Å². The van der Waals surface area contributed by atoms with E-state index in [4.69, 9.17) is 11.5 Å². The van der Waals surface area contributed by atoms with E-state index in [1.807, 2.05) is 0 Å². The topological polar surface area (TPSA) is 64.1 Å². The molecule has 0 fully saturated rings. The smallest absolute Gasteiger partial charge is 0.0205 e. The van der Waals surface area contributed by atoms with Crippen molar-refractivity contribution in [2.75, 3.05) is 19.6 Å². The van der Waals surface area contributed by atoms with Gasteiger partial charge in [0.05, 0.1) is 0 Å². The second kappa shape index (κ2) is 12.8. The highest BCUT2D eigenvalue weighted by Crippen LogP contribution is 2.11. The monoisotopic (exact) mass is 291 g/mol. The highest BCUT2D eigenvalue weighted by Gasteiger charge is 1.96. The lowest BCUT2D eigenvalue weighted by atomic mass is 10.0. The fourth-order valence-electron chi connectivity index (χ4n) is 2.46. The van der Waals surface area contributed by atoms with Crippen LogP contribution in [0.25, 0.3) is 0 Å². The number of hydrogen-bond acceptors (Lipinski definition) is 3. The molecule has 3 heteroatoms. The Labute approximate surface area is 130 Å².